The molecule has 1 unspecified atom stereocenters. The fraction of sp³-hybridized carbons (Fsp3) is 0.778. The van der Waals surface area contributed by atoms with E-state index in [0.717, 1.165) is 32.2 Å². The monoisotopic (exact) mass is 366 g/mol. The molecule has 0 spiro atoms. The summed E-state index contributed by atoms with van der Waals surface area (Å²) in [6.07, 6.45) is 9.54. The molecule has 140 valence electrons. The molecule has 0 rings (SSSR count). The second-order valence-corrected chi connectivity index (χ2v) is 6.33. The number of hydrogen-bond donors (Lipinski definition) is 2. The van der Waals surface area contributed by atoms with Gasteiger partial charge in [-0.1, -0.05) is 25.5 Å². The molecule has 7 heteroatoms. The zero-order valence-electron chi connectivity index (χ0n) is 15.9. The molecule has 0 saturated carbocycles. The van der Waals surface area contributed by atoms with E-state index < -0.39 is 11.9 Å². The second kappa shape index (κ2) is 17.0. The van der Waals surface area contributed by atoms with Crippen LogP contribution >= 0.6 is 0 Å². The molecule has 0 saturated heterocycles. The van der Waals surface area contributed by atoms with Gasteiger partial charge in [0.2, 0.25) is 0 Å². The molecule has 0 radical (unpaired) electrons. The van der Waals surface area contributed by atoms with Crippen molar-refractivity contribution in [2.24, 2.45) is 0 Å². The van der Waals surface area contributed by atoms with Crippen LogP contribution in [0.2, 0.25) is 0 Å². The van der Waals surface area contributed by atoms with Crippen LogP contribution in [0, 0.1) is 0 Å². The minimum atomic E-state index is -1.06. The van der Waals surface area contributed by atoms with Gasteiger partial charge in [0.25, 0.3) is 0 Å². The summed E-state index contributed by atoms with van der Waals surface area (Å²) in [7, 11) is 0. The van der Waals surface area contributed by atoms with Crippen molar-refractivity contribution in [3.8, 4) is 0 Å². The normalized spacial score (nSPS) is 13.4. The fourth-order valence-corrected chi connectivity index (χ4v) is 2.95. The Morgan fingerprint density at radius 1 is 0.960 bits per heavy atom. The molecule has 1 atom stereocenters. The maximum atomic E-state index is 10.8. The van der Waals surface area contributed by atoms with Crippen LogP contribution in [0.4, 0.5) is 0 Å². The number of allylic oxidation sites excluding steroid dienone is 2. The summed E-state index contributed by atoms with van der Waals surface area (Å²) in [5.74, 6) is -1.89. The average molecular weight is 366 g/mol. The van der Waals surface area contributed by atoms with Crippen molar-refractivity contribution in [1.82, 2.24) is 0 Å². The number of aliphatic carboxylic acids is 2. The molecular weight excluding hydrogens is 333 g/mol. The average Bonchev–Trinajstić information content (AvgIpc) is 2.50. The predicted octanol–water partition coefficient (Wildman–Crippen LogP) is -1.67. The van der Waals surface area contributed by atoms with Crippen molar-refractivity contribution < 1.29 is 58.9 Å². The van der Waals surface area contributed by atoms with Crippen LogP contribution in [-0.4, -0.2) is 59.4 Å². The summed E-state index contributed by atoms with van der Waals surface area (Å²) in [6.45, 7) is 4.79. The number of aliphatic hydroxyl groups excluding tert-OH is 1. The van der Waals surface area contributed by atoms with Gasteiger partial charge in [0, 0.05) is 25.2 Å². The fourth-order valence-electron chi connectivity index (χ4n) is 2.95. The third kappa shape index (κ3) is 15.6. The number of carbonyl (C=O) groups excluding carboxylic acids is 1. The first-order valence-electron chi connectivity index (χ1n) is 8.98. The Balaban J connectivity index is 0. The van der Waals surface area contributed by atoms with Crippen molar-refractivity contribution in [3.63, 3.8) is 0 Å². The maximum Gasteiger partial charge on any atom is 1.00 e. The van der Waals surface area contributed by atoms with Crippen molar-refractivity contribution in [2.45, 2.75) is 58.3 Å². The summed E-state index contributed by atoms with van der Waals surface area (Å²) < 4.78 is 0.582. The van der Waals surface area contributed by atoms with Crippen LogP contribution in [-0.2, 0) is 9.59 Å². The van der Waals surface area contributed by atoms with E-state index >= 15 is 0 Å². The number of carboxylic acid groups (broad SMARTS) is 2. The van der Waals surface area contributed by atoms with Crippen LogP contribution in [0.1, 0.15) is 58.3 Å². The topological polar surface area (TPSA) is 97.7 Å². The molecular formula is C18H33NNaO5+. The molecule has 0 amide bonds. The Bertz CT molecular complexity index is 368. The number of quaternary nitrogens is 1. The van der Waals surface area contributed by atoms with Crippen LogP contribution < -0.4 is 34.7 Å². The number of carbonyl (C=O) groups is 2. The van der Waals surface area contributed by atoms with Crippen LogP contribution in [0.5, 0.6) is 0 Å². The molecule has 0 bridgehead atoms. The van der Waals surface area contributed by atoms with E-state index in [1.165, 1.54) is 0 Å². The molecule has 0 aromatic carbocycles. The molecule has 25 heavy (non-hydrogen) atoms. The largest absolute Gasteiger partial charge is 1.00 e. The number of unbranched alkanes of at least 4 members (excludes halogenated alkanes) is 2. The Hall–Kier alpha value is -0.400. The van der Waals surface area contributed by atoms with Gasteiger partial charge in [0.1, 0.15) is 6.54 Å². The predicted molar refractivity (Wildman–Crippen MR) is 91.2 cm³/mol. The van der Waals surface area contributed by atoms with Crippen molar-refractivity contribution >= 4 is 11.9 Å². The van der Waals surface area contributed by atoms with Gasteiger partial charge in [0.05, 0.1) is 32.7 Å². The minimum Gasteiger partial charge on any atom is -0.550 e. The van der Waals surface area contributed by atoms with E-state index in [9.17, 15) is 19.8 Å². The van der Waals surface area contributed by atoms with E-state index in [0.29, 0.717) is 37.0 Å². The molecule has 0 aliphatic carbocycles. The van der Waals surface area contributed by atoms with E-state index in [2.05, 4.69) is 19.1 Å². The number of rotatable bonds is 16. The van der Waals surface area contributed by atoms with Gasteiger partial charge in [0.15, 0.2) is 0 Å². The second-order valence-electron chi connectivity index (χ2n) is 6.33. The Labute approximate surface area is 173 Å². The van der Waals surface area contributed by atoms with Crippen LogP contribution in [0.25, 0.3) is 0 Å². The first-order valence-corrected chi connectivity index (χ1v) is 8.98. The first kappa shape index (κ1) is 26.8. The van der Waals surface area contributed by atoms with E-state index in [1.807, 2.05) is 0 Å². The molecule has 0 heterocycles. The van der Waals surface area contributed by atoms with E-state index in [1.54, 1.807) is 0 Å². The number of hydrogen-bond acceptors (Lipinski definition) is 4. The summed E-state index contributed by atoms with van der Waals surface area (Å²) >= 11 is 0. The van der Waals surface area contributed by atoms with Crippen molar-refractivity contribution in [3.05, 3.63) is 12.2 Å². The number of aliphatic hydroxyl groups is 1. The summed E-state index contributed by atoms with van der Waals surface area (Å²) in [4.78, 5) is 21.4. The summed E-state index contributed by atoms with van der Waals surface area (Å²) in [5, 5.41) is 28.9. The Morgan fingerprint density at radius 3 is 2.04 bits per heavy atom. The summed E-state index contributed by atoms with van der Waals surface area (Å²) in [6, 6.07) is 0. The van der Waals surface area contributed by atoms with Crippen LogP contribution in [0.15, 0.2) is 12.2 Å². The van der Waals surface area contributed by atoms with Gasteiger partial charge >= 0.3 is 35.5 Å². The molecule has 6 nitrogen and oxygen atoms in total. The standard InChI is InChI=1S/C18H33NO5.Na/c1-2-3-4-5-6-7-12-19(15-16-20,13-8-10-17(21)22)14-9-11-18(23)24;/h4-5,20H,2-3,6-16H2,1H3,(H-,21,22,23,24);/q;+1/b5-4+;. The Kier molecular flexibility index (Phi) is 18.3. The van der Waals surface area contributed by atoms with E-state index in [4.69, 9.17) is 5.11 Å². The smallest absolute Gasteiger partial charge is 0.550 e. The minimum absolute atomic E-state index is 0. The molecule has 0 aromatic rings. The molecule has 2 N–H and O–H groups in total. The number of carboxylic acids is 2. The van der Waals surface area contributed by atoms with Gasteiger partial charge in [-0.15, -0.1) is 0 Å². The van der Waals surface area contributed by atoms with Gasteiger partial charge in [-0.3, -0.25) is 4.79 Å². The van der Waals surface area contributed by atoms with Crippen molar-refractivity contribution in [1.29, 1.82) is 0 Å². The first-order chi connectivity index (χ1) is 11.5. The molecule has 0 aromatic heterocycles. The molecule has 0 fully saturated rings. The zero-order chi connectivity index (χ0) is 18.3. The third-order valence-corrected chi connectivity index (χ3v) is 4.24. The van der Waals surface area contributed by atoms with Crippen molar-refractivity contribution in [2.75, 3.05) is 32.8 Å². The molecule has 0 aliphatic rings. The van der Waals surface area contributed by atoms with Gasteiger partial charge < -0.3 is 24.6 Å². The van der Waals surface area contributed by atoms with Gasteiger partial charge in [-0.2, -0.15) is 0 Å². The van der Waals surface area contributed by atoms with E-state index in [-0.39, 0.29) is 49.0 Å². The Morgan fingerprint density at radius 2 is 1.52 bits per heavy atom. The van der Waals surface area contributed by atoms with Gasteiger partial charge in [-0.25, -0.2) is 0 Å². The van der Waals surface area contributed by atoms with Crippen LogP contribution in [0.3, 0.4) is 0 Å². The third-order valence-electron chi connectivity index (χ3n) is 4.24. The zero-order valence-corrected chi connectivity index (χ0v) is 17.9. The summed E-state index contributed by atoms with van der Waals surface area (Å²) in [5.41, 5.74) is 0. The number of nitrogens with zero attached hydrogens (tertiary/aromatic N) is 1. The molecule has 0 aliphatic heterocycles. The maximum absolute atomic E-state index is 10.8. The quantitative estimate of drug-likeness (QED) is 0.147. The van der Waals surface area contributed by atoms with Gasteiger partial charge in [-0.05, 0) is 19.3 Å². The SMILES string of the molecule is CCC/C=C/CCC[N+](CCO)(CCCC(=O)[O-])CCCC(=O)O.[Na+].